The van der Waals surface area contributed by atoms with Crippen LogP contribution >= 0.6 is 11.8 Å². The van der Waals surface area contributed by atoms with Gasteiger partial charge < -0.3 is 24.6 Å². The summed E-state index contributed by atoms with van der Waals surface area (Å²) in [5.74, 6) is -0.676. The molecule has 0 radical (unpaired) electrons. The molecule has 11 nitrogen and oxygen atoms in total. The Labute approximate surface area is 228 Å². The van der Waals surface area contributed by atoms with E-state index in [2.05, 4.69) is 20.3 Å². The highest BCUT2D eigenvalue weighted by molar-refractivity contribution is 8.15. The third-order valence-electron chi connectivity index (χ3n) is 6.89. The highest BCUT2D eigenvalue weighted by atomic mass is 32.2. The van der Waals surface area contributed by atoms with Crippen molar-refractivity contribution >= 4 is 52.2 Å². The van der Waals surface area contributed by atoms with Gasteiger partial charge in [0.2, 0.25) is 5.91 Å². The number of alkyl carbamates (subject to hydrolysis) is 1. The first-order chi connectivity index (χ1) is 18.8. The zero-order chi connectivity index (χ0) is 27.5. The van der Waals surface area contributed by atoms with E-state index in [4.69, 9.17) is 4.74 Å². The maximum absolute atomic E-state index is 15.1. The van der Waals surface area contributed by atoms with Crippen LogP contribution < -0.4 is 25.3 Å². The Hall–Kier alpha value is -4.00. The maximum atomic E-state index is 15.1. The fourth-order valence-electron chi connectivity index (χ4n) is 4.82. The smallest absolute Gasteiger partial charge is 0.414 e. The number of hydrogen-bond acceptors (Lipinski definition) is 9. The molecule has 0 saturated carbocycles. The predicted octanol–water partition coefficient (Wildman–Crippen LogP) is 2.73. The van der Waals surface area contributed by atoms with Crippen molar-refractivity contribution in [2.45, 2.75) is 17.8 Å². The third-order valence-corrected chi connectivity index (χ3v) is 7.87. The largest absolute Gasteiger partial charge is 0.453 e. The Bertz CT molecular complexity index is 1270. The molecule has 13 heteroatoms. The van der Waals surface area contributed by atoms with E-state index in [-0.39, 0.29) is 24.2 Å². The van der Waals surface area contributed by atoms with Gasteiger partial charge in [0, 0.05) is 31.9 Å². The van der Waals surface area contributed by atoms with E-state index in [1.165, 1.54) is 18.1 Å². The minimum atomic E-state index is -0.621. The lowest BCUT2D eigenvalue weighted by atomic mass is 10.1. The van der Waals surface area contributed by atoms with Crippen LogP contribution in [0.4, 0.5) is 35.8 Å². The first-order valence-corrected chi connectivity index (χ1v) is 13.4. The fraction of sp³-hybridized carbons (Fsp3) is 0.385. The van der Waals surface area contributed by atoms with E-state index in [1.807, 2.05) is 29.2 Å². The van der Waals surface area contributed by atoms with Gasteiger partial charge in [0.25, 0.3) is 5.24 Å². The Balaban J connectivity index is 1.15. The fourth-order valence-corrected chi connectivity index (χ4v) is 5.68. The molecule has 206 valence electrons. The number of hydrogen-bond donors (Lipinski definition) is 2. The van der Waals surface area contributed by atoms with Crippen molar-refractivity contribution in [2.75, 3.05) is 61.1 Å². The minimum Gasteiger partial charge on any atom is -0.453 e. The highest BCUT2D eigenvalue weighted by Crippen LogP contribution is 2.30. The number of benzene rings is 2. The van der Waals surface area contributed by atoms with E-state index in [0.29, 0.717) is 44.0 Å². The molecule has 39 heavy (non-hydrogen) atoms. The number of nitrogens with zero attached hydrogens (tertiary/aromatic N) is 3. The Kier molecular flexibility index (Phi) is 7.77. The van der Waals surface area contributed by atoms with E-state index in [9.17, 15) is 19.2 Å². The molecule has 3 fully saturated rings. The summed E-state index contributed by atoms with van der Waals surface area (Å²) in [6.07, 6.45) is -1.29. The van der Waals surface area contributed by atoms with E-state index in [1.54, 1.807) is 12.1 Å². The second-order valence-electron chi connectivity index (χ2n) is 9.35. The lowest BCUT2D eigenvalue weighted by Crippen LogP contribution is -2.46. The average Bonchev–Trinajstić information content (AvgIpc) is 3.47. The zero-order valence-electron chi connectivity index (χ0n) is 21.2. The number of anilines is 3. The number of nitrogens with one attached hydrogen (secondary N) is 2. The van der Waals surface area contributed by atoms with Gasteiger partial charge in [-0.25, -0.2) is 14.0 Å². The lowest BCUT2D eigenvalue weighted by molar-refractivity contribution is -0.118. The van der Waals surface area contributed by atoms with Crippen LogP contribution in [0.2, 0.25) is 0 Å². The number of carbonyl (C=O) groups is 4. The lowest BCUT2D eigenvalue weighted by Gasteiger charge is -2.37. The van der Waals surface area contributed by atoms with Crippen LogP contribution in [0.5, 0.6) is 0 Å². The number of halogens is 1. The molecule has 0 aliphatic carbocycles. The summed E-state index contributed by atoms with van der Waals surface area (Å²) in [5, 5.41) is 4.10. The summed E-state index contributed by atoms with van der Waals surface area (Å²) >= 11 is 1.02. The maximum Gasteiger partial charge on any atom is 0.414 e. The van der Waals surface area contributed by atoms with Crippen LogP contribution in [0.25, 0.3) is 0 Å². The van der Waals surface area contributed by atoms with Gasteiger partial charge in [0.15, 0.2) is 0 Å². The molecule has 5 rings (SSSR count). The SMILES string of the molecule is COC(=O)NC[C@H]1CN(c2ccc(N3CCN(c4ccc(CC5SC(=O)NC5=O)cc4)CC3)c(F)c2)C(=O)O1. The molecule has 3 aliphatic heterocycles. The molecule has 3 aliphatic rings. The monoisotopic (exact) mass is 557 g/mol. The van der Waals surface area contributed by atoms with Crippen LogP contribution in [0.3, 0.4) is 0 Å². The highest BCUT2D eigenvalue weighted by Gasteiger charge is 2.34. The number of piperazine rings is 1. The molecule has 0 spiro atoms. The van der Waals surface area contributed by atoms with E-state index >= 15 is 4.39 Å². The van der Waals surface area contributed by atoms with E-state index in [0.717, 1.165) is 23.0 Å². The number of rotatable bonds is 7. The van der Waals surface area contributed by atoms with Gasteiger partial charge in [-0.1, -0.05) is 23.9 Å². The van der Waals surface area contributed by atoms with Crippen molar-refractivity contribution in [2.24, 2.45) is 0 Å². The summed E-state index contributed by atoms with van der Waals surface area (Å²) in [7, 11) is 1.25. The first-order valence-electron chi connectivity index (χ1n) is 12.5. The Morgan fingerprint density at radius 3 is 2.41 bits per heavy atom. The van der Waals surface area contributed by atoms with Crippen molar-refractivity contribution in [3.63, 3.8) is 0 Å². The normalized spacial score (nSPS) is 21.2. The molecule has 2 aromatic carbocycles. The van der Waals surface area contributed by atoms with Crippen molar-refractivity contribution in [1.82, 2.24) is 10.6 Å². The number of carbonyl (C=O) groups excluding carboxylic acids is 4. The third kappa shape index (κ3) is 6.03. The summed E-state index contributed by atoms with van der Waals surface area (Å²) in [5.41, 5.74) is 2.87. The van der Waals surface area contributed by atoms with Gasteiger partial charge in [-0.2, -0.15) is 0 Å². The number of ether oxygens (including phenoxy) is 2. The average molecular weight is 558 g/mol. The Morgan fingerprint density at radius 2 is 1.77 bits per heavy atom. The van der Waals surface area contributed by atoms with Crippen molar-refractivity contribution in [3.05, 3.63) is 53.8 Å². The number of methoxy groups -OCH3 is 1. The van der Waals surface area contributed by atoms with Crippen LogP contribution in [-0.4, -0.2) is 81.1 Å². The summed E-state index contributed by atoms with van der Waals surface area (Å²) in [6.45, 7) is 2.91. The molecular formula is C26H28FN5O6S. The van der Waals surface area contributed by atoms with Crippen molar-refractivity contribution < 1.29 is 33.0 Å². The van der Waals surface area contributed by atoms with Gasteiger partial charge >= 0.3 is 12.2 Å². The van der Waals surface area contributed by atoms with Crippen molar-refractivity contribution in [1.29, 1.82) is 0 Å². The molecule has 1 unspecified atom stereocenters. The number of amides is 4. The minimum absolute atomic E-state index is 0.0975. The molecule has 2 atom stereocenters. The predicted molar refractivity (Wildman–Crippen MR) is 144 cm³/mol. The first kappa shape index (κ1) is 26.6. The van der Waals surface area contributed by atoms with Crippen LogP contribution in [0.1, 0.15) is 5.56 Å². The second-order valence-corrected chi connectivity index (χ2v) is 10.5. The molecule has 2 N–H and O–H groups in total. The van der Waals surface area contributed by atoms with Gasteiger partial charge in [-0.3, -0.25) is 19.8 Å². The summed E-state index contributed by atoms with van der Waals surface area (Å²) < 4.78 is 24.9. The molecule has 0 aromatic heterocycles. The van der Waals surface area contributed by atoms with Crippen molar-refractivity contribution in [3.8, 4) is 0 Å². The molecular weight excluding hydrogens is 529 g/mol. The topological polar surface area (TPSA) is 121 Å². The van der Waals surface area contributed by atoms with Gasteiger partial charge in [-0.15, -0.1) is 0 Å². The quantitative estimate of drug-likeness (QED) is 0.529. The molecule has 3 heterocycles. The molecule has 3 saturated heterocycles. The van der Waals surface area contributed by atoms with Gasteiger partial charge in [0.05, 0.1) is 36.8 Å². The van der Waals surface area contributed by atoms with Gasteiger partial charge in [0.1, 0.15) is 11.9 Å². The number of thioether (sulfide) groups is 1. The number of cyclic esters (lactones) is 1. The van der Waals surface area contributed by atoms with E-state index < -0.39 is 29.4 Å². The molecule has 4 amide bonds. The van der Waals surface area contributed by atoms with Crippen LogP contribution in [0.15, 0.2) is 42.5 Å². The summed E-state index contributed by atoms with van der Waals surface area (Å²) in [6, 6.07) is 12.6. The Morgan fingerprint density at radius 1 is 1.08 bits per heavy atom. The second kappa shape index (κ2) is 11.4. The van der Waals surface area contributed by atoms with Crippen LogP contribution in [-0.2, 0) is 20.7 Å². The number of imide groups is 1. The summed E-state index contributed by atoms with van der Waals surface area (Å²) in [4.78, 5) is 52.3. The molecule has 0 bridgehead atoms. The van der Waals surface area contributed by atoms with Crippen LogP contribution in [0, 0.1) is 5.82 Å². The zero-order valence-corrected chi connectivity index (χ0v) is 22.0. The standard InChI is InChI=1S/C26H28FN5O6S/c1-37-24(34)28-14-19-15-32(26(36)38-19)18-6-7-21(20(27)13-18)31-10-8-30(9-11-31)17-4-2-16(3-5-17)12-22-23(33)29-25(35)39-22/h2-7,13,19,22H,8-12,14-15H2,1H3,(H,28,34)(H,29,33,35)/t19-,22?/m0/s1. The molecule has 2 aromatic rings. The van der Waals surface area contributed by atoms with Gasteiger partial charge in [-0.05, 0) is 42.3 Å².